The van der Waals surface area contributed by atoms with Gasteiger partial charge in [0.25, 0.3) is 0 Å². The third-order valence-electron chi connectivity index (χ3n) is 5.68. The number of carbonyl (C=O) groups excluding carboxylic acids is 1. The molecule has 5 rings (SSSR count). The molecule has 1 amide bonds. The first-order chi connectivity index (χ1) is 12.8. The lowest BCUT2D eigenvalue weighted by molar-refractivity contribution is -0.132. The fraction of sp³-hybridized carbons (Fsp3) is 0.286. The quantitative estimate of drug-likeness (QED) is 0.746. The second-order valence-electron chi connectivity index (χ2n) is 7.18. The van der Waals surface area contributed by atoms with Crippen LogP contribution in [0.15, 0.2) is 59.4 Å². The van der Waals surface area contributed by atoms with Crippen LogP contribution in [0.5, 0.6) is 0 Å². The summed E-state index contributed by atoms with van der Waals surface area (Å²) in [6.07, 6.45) is 4.52. The minimum Gasteiger partial charge on any atom is -0.372 e. The van der Waals surface area contributed by atoms with Crippen LogP contribution in [0.25, 0.3) is 5.69 Å². The molecular weight excluding hydrogens is 342 g/mol. The zero-order valence-corrected chi connectivity index (χ0v) is 15.3. The molecule has 1 N–H and O–H groups in total. The van der Waals surface area contributed by atoms with Gasteiger partial charge in [0.05, 0.1) is 23.3 Å². The van der Waals surface area contributed by atoms with Crippen molar-refractivity contribution in [3.05, 3.63) is 70.7 Å². The molecule has 0 aliphatic carbocycles. The maximum Gasteiger partial charge on any atom is 0.227 e. The Hall–Kier alpha value is -2.53. The van der Waals surface area contributed by atoms with Crippen LogP contribution in [-0.2, 0) is 16.8 Å². The third-order valence-corrected chi connectivity index (χ3v) is 6.41. The van der Waals surface area contributed by atoms with Gasteiger partial charge in [0.15, 0.2) is 0 Å². The van der Waals surface area contributed by atoms with Crippen molar-refractivity contribution in [3.63, 3.8) is 0 Å². The van der Waals surface area contributed by atoms with Crippen molar-refractivity contribution in [3.8, 4) is 5.69 Å². The maximum atomic E-state index is 12.6. The van der Waals surface area contributed by atoms with Crippen molar-refractivity contribution < 1.29 is 4.79 Å². The Morgan fingerprint density at radius 2 is 1.96 bits per heavy atom. The van der Waals surface area contributed by atoms with Crippen LogP contribution in [0.3, 0.4) is 0 Å². The molecule has 2 aromatic heterocycles. The van der Waals surface area contributed by atoms with Crippen molar-refractivity contribution in [2.24, 2.45) is 0 Å². The van der Waals surface area contributed by atoms with Gasteiger partial charge in [-0.25, -0.2) is 0 Å². The zero-order valence-electron chi connectivity index (χ0n) is 14.5. The average Bonchev–Trinajstić information content (AvgIpc) is 3.35. The molecule has 1 saturated heterocycles. The van der Waals surface area contributed by atoms with Gasteiger partial charge in [0.1, 0.15) is 0 Å². The molecule has 4 nitrogen and oxygen atoms in total. The van der Waals surface area contributed by atoms with Crippen LogP contribution in [0.4, 0.5) is 5.69 Å². The Bertz CT molecular complexity index is 936. The number of nitrogens with one attached hydrogen (secondary N) is 1. The molecule has 0 bridgehead atoms. The third kappa shape index (κ3) is 2.46. The molecule has 4 heterocycles. The van der Waals surface area contributed by atoms with E-state index in [1.165, 1.54) is 17.1 Å². The SMILES string of the molecule is O=C(Cc1ccsc1)N1CCC2(CC1)Nc1ccccc1-n1cccc12. The number of amides is 1. The molecular formula is C21H21N3OS. The molecule has 26 heavy (non-hydrogen) atoms. The van der Waals surface area contributed by atoms with Gasteiger partial charge in [0, 0.05) is 25.0 Å². The molecule has 132 valence electrons. The number of hydrogen-bond donors (Lipinski definition) is 1. The van der Waals surface area contributed by atoms with E-state index in [1.807, 2.05) is 16.3 Å². The number of hydrogen-bond acceptors (Lipinski definition) is 3. The van der Waals surface area contributed by atoms with Crippen LogP contribution in [-0.4, -0.2) is 28.5 Å². The molecule has 2 aliphatic heterocycles. The molecule has 2 aliphatic rings. The van der Waals surface area contributed by atoms with Crippen molar-refractivity contribution in [1.82, 2.24) is 9.47 Å². The summed E-state index contributed by atoms with van der Waals surface area (Å²) in [6, 6.07) is 14.8. The van der Waals surface area contributed by atoms with Gasteiger partial charge < -0.3 is 14.8 Å². The van der Waals surface area contributed by atoms with Gasteiger partial charge >= 0.3 is 0 Å². The molecule has 0 radical (unpaired) electrons. The number of anilines is 1. The lowest BCUT2D eigenvalue weighted by atomic mass is 9.82. The second kappa shape index (κ2) is 6.02. The van der Waals surface area contributed by atoms with Gasteiger partial charge in [-0.3, -0.25) is 4.79 Å². The summed E-state index contributed by atoms with van der Waals surface area (Å²) in [7, 11) is 0. The Morgan fingerprint density at radius 3 is 2.77 bits per heavy atom. The number of para-hydroxylation sites is 2. The fourth-order valence-electron chi connectivity index (χ4n) is 4.29. The molecule has 0 saturated carbocycles. The first kappa shape index (κ1) is 15.7. The smallest absolute Gasteiger partial charge is 0.227 e. The van der Waals surface area contributed by atoms with Gasteiger partial charge in [-0.2, -0.15) is 11.3 Å². The van der Waals surface area contributed by atoms with Crippen molar-refractivity contribution in [1.29, 1.82) is 0 Å². The minimum absolute atomic E-state index is 0.0863. The van der Waals surface area contributed by atoms with Crippen molar-refractivity contribution >= 4 is 22.9 Å². The van der Waals surface area contributed by atoms with E-state index in [1.54, 1.807) is 11.3 Å². The highest BCUT2D eigenvalue weighted by Gasteiger charge is 2.42. The Kier molecular flexibility index (Phi) is 3.64. The molecule has 5 heteroatoms. The van der Waals surface area contributed by atoms with Gasteiger partial charge in [-0.15, -0.1) is 0 Å². The van der Waals surface area contributed by atoms with E-state index in [9.17, 15) is 4.79 Å². The number of piperidine rings is 1. The summed E-state index contributed by atoms with van der Waals surface area (Å²) in [5.41, 5.74) is 4.72. The average molecular weight is 363 g/mol. The van der Waals surface area contributed by atoms with Crippen molar-refractivity contribution in [2.75, 3.05) is 18.4 Å². The lowest BCUT2D eigenvalue weighted by Gasteiger charge is -2.46. The standard InChI is InChI=1S/C21H21N3OS/c25-20(14-16-7-13-26-15-16)23-11-8-21(9-12-23)19-6-3-10-24(19)18-5-2-1-4-17(18)22-21/h1-7,10,13,15,22H,8-9,11-12,14H2. The summed E-state index contributed by atoms with van der Waals surface area (Å²) < 4.78 is 2.30. The predicted molar refractivity (Wildman–Crippen MR) is 105 cm³/mol. The summed E-state index contributed by atoms with van der Waals surface area (Å²) in [5, 5.41) is 7.90. The van der Waals surface area contributed by atoms with E-state index in [-0.39, 0.29) is 11.4 Å². The molecule has 1 spiro atoms. The molecule has 0 unspecified atom stereocenters. The summed E-state index contributed by atoms with van der Waals surface area (Å²) >= 11 is 1.65. The molecule has 0 atom stereocenters. The van der Waals surface area contributed by atoms with Crippen LogP contribution >= 0.6 is 11.3 Å². The highest BCUT2D eigenvalue weighted by atomic mass is 32.1. The van der Waals surface area contributed by atoms with E-state index in [2.05, 4.69) is 57.9 Å². The summed E-state index contributed by atoms with van der Waals surface area (Å²) in [5.74, 6) is 0.241. The molecule has 3 aromatic rings. The first-order valence-corrected chi connectivity index (χ1v) is 10.0. The number of benzene rings is 1. The lowest BCUT2D eigenvalue weighted by Crippen LogP contribution is -2.51. The number of thiophene rings is 1. The topological polar surface area (TPSA) is 37.3 Å². The molecule has 1 fully saturated rings. The number of carbonyl (C=O) groups is 1. The van der Waals surface area contributed by atoms with Gasteiger partial charge in [0.2, 0.25) is 5.91 Å². The first-order valence-electron chi connectivity index (χ1n) is 9.09. The van der Waals surface area contributed by atoms with Crippen LogP contribution < -0.4 is 5.32 Å². The number of aromatic nitrogens is 1. The fourth-order valence-corrected chi connectivity index (χ4v) is 4.96. The summed E-state index contributed by atoms with van der Waals surface area (Å²) in [4.78, 5) is 14.7. The largest absolute Gasteiger partial charge is 0.372 e. The second-order valence-corrected chi connectivity index (χ2v) is 7.96. The van der Waals surface area contributed by atoms with Crippen molar-refractivity contribution in [2.45, 2.75) is 24.8 Å². The van der Waals surface area contributed by atoms with E-state index < -0.39 is 0 Å². The number of likely N-dealkylation sites (tertiary alicyclic amines) is 1. The highest BCUT2D eigenvalue weighted by Crippen LogP contribution is 2.43. The van der Waals surface area contributed by atoms with E-state index in [0.717, 1.165) is 31.5 Å². The Morgan fingerprint density at radius 1 is 1.12 bits per heavy atom. The van der Waals surface area contributed by atoms with E-state index in [4.69, 9.17) is 0 Å². The van der Waals surface area contributed by atoms with Crippen LogP contribution in [0.1, 0.15) is 24.1 Å². The predicted octanol–water partition coefficient (Wildman–Crippen LogP) is 4.02. The molecule has 1 aromatic carbocycles. The minimum atomic E-state index is -0.0863. The monoisotopic (exact) mass is 363 g/mol. The Labute approximate surface area is 157 Å². The number of fused-ring (bicyclic) bond motifs is 4. The van der Waals surface area contributed by atoms with Crippen LogP contribution in [0.2, 0.25) is 0 Å². The van der Waals surface area contributed by atoms with Gasteiger partial charge in [-0.1, -0.05) is 12.1 Å². The van der Waals surface area contributed by atoms with E-state index in [0.29, 0.717) is 6.42 Å². The normalized spacial score (nSPS) is 17.5. The van der Waals surface area contributed by atoms with Crippen LogP contribution in [0, 0.1) is 0 Å². The Balaban J connectivity index is 1.37. The highest BCUT2D eigenvalue weighted by molar-refractivity contribution is 7.08. The maximum absolute atomic E-state index is 12.6. The van der Waals surface area contributed by atoms with E-state index >= 15 is 0 Å². The zero-order chi connectivity index (χ0) is 17.6. The number of nitrogens with zero attached hydrogens (tertiary/aromatic N) is 2. The number of rotatable bonds is 2. The summed E-state index contributed by atoms with van der Waals surface area (Å²) in [6.45, 7) is 1.59. The van der Waals surface area contributed by atoms with Gasteiger partial charge in [-0.05, 0) is 59.5 Å².